The fraction of sp³-hybridized carbons (Fsp3) is 0.808. The molecule has 34 heavy (non-hydrogen) atoms. The molecule has 3 saturated heterocycles. The normalized spacial score (nSPS) is 32.3. The van der Waals surface area contributed by atoms with Crippen molar-refractivity contribution in [2.45, 2.75) is 96.6 Å². The van der Waals surface area contributed by atoms with Crippen molar-refractivity contribution in [3.63, 3.8) is 0 Å². The monoisotopic (exact) mass is 478 g/mol. The number of hydrogen-bond acceptors (Lipinski definition) is 6. The maximum atomic E-state index is 14.3. The summed E-state index contributed by atoms with van der Waals surface area (Å²) in [4.78, 5) is 44.6. The topological polar surface area (TPSA) is 96.4 Å². The molecule has 192 valence electrons. The Kier molecular flexibility index (Phi) is 8.45. The molecule has 0 aliphatic carbocycles. The molecular weight excluding hydrogens is 436 g/mol. The number of aliphatic hydroxyl groups is 1. The van der Waals surface area contributed by atoms with Crippen molar-refractivity contribution in [3.05, 3.63) is 12.7 Å². The van der Waals surface area contributed by atoms with Crippen LogP contribution in [0, 0.1) is 17.8 Å². The van der Waals surface area contributed by atoms with Crippen molar-refractivity contribution >= 4 is 17.8 Å². The molecule has 1 unspecified atom stereocenters. The molecule has 8 nitrogen and oxygen atoms in total. The Morgan fingerprint density at radius 1 is 1.35 bits per heavy atom. The van der Waals surface area contributed by atoms with Crippen LogP contribution in [0.1, 0.15) is 66.7 Å². The lowest BCUT2D eigenvalue weighted by molar-refractivity contribution is -0.157. The quantitative estimate of drug-likeness (QED) is 0.342. The summed E-state index contributed by atoms with van der Waals surface area (Å²) in [6.07, 6.45) is 4.87. The number of fused-ring (bicyclic) bond motifs is 1. The highest BCUT2D eigenvalue weighted by molar-refractivity contribution is 5.98. The number of carbonyl (C=O) groups is 3. The second kappa shape index (κ2) is 10.8. The van der Waals surface area contributed by atoms with Crippen molar-refractivity contribution < 1.29 is 29.0 Å². The van der Waals surface area contributed by atoms with Crippen molar-refractivity contribution in [3.8, 4) is 0 Å². The third kappa shape index (κ3) is 4.17. The van der Waals surface area contributed by atoms with E-state index in [2.05, 4.69) is 13.5 Å². The minimum absolute atomic E-state index is 0.0290. The lowest BCUT2D eigenvalue weighted by Crippen LogP contribution is -2.60. The van der Waals surface area contributed by atoms with Crippen LogP contribution >= 0.6 is 0 Å². The number of carbonyl (C=O) groups excluding carboxylic acids is 3. The van der Waals surface area contributed by atoms with Gasteiger partial charge < -0.3 is 24.4 Å². The molecule has 2 amide bonds. The van der Waals surface area contributed by atoms with Gasteiger partial charge in [-0.3, -0.25) is 14.4 Å². The van der Waals surface area contributed by atoms with Gasteiger partial charge in [0.25, 0.3) is 0 Å². The Morgan fingerprint density at radius 3 is 2.62 bits per heavy atom. The molecule has 2 bridgehead atoms. The van der Waals surface area contributed by atoms with Crippen LogP contribution in [-0.2, 0) is 23.9 Å². The maximum absolute atomic E-state index is 14.3. The van der Waals surface area contributed by atoms with Gasteiger partial charge in [-0.25, -0.2) is 0 Å². The average molecular weight is 479 g/mol. The second-order valence-corrected chi connectivity index (χ2v) is 10.1. The van der Waals surface area contributed by atoms with Crippen LogP contribution in [-0.4, -0.2) is 82.3 Å². The first-order valence-electron chi connectivity index (χ1n) is 12.9. The number of ether oxygens (including phenoxy) is 2. The van der Waals surface area contributed by atoms with Crippen LogP contribution in [0.25, 0.3) is 0 Å². The van der Waals surface area contributed by atoms with Crippen LogP contribution in [0.3, 0.4) is 0 Å². The molecule has 1 N–H and O–H groups in total. The Balaban J connectivity index is 2.11. The Bertz CT molecular complexity index is 787. The van der Waals surface area contributed by atoms with E-state index < -0.39 is 41.6 Å². The third-order valence-corrected chi connectivity index (χ3v) is 8.22. The fourth-order valence-corrected chi connectivity index (χ4v) is 6.41. The predicted octanol–water partition coefficient (Wildman–Crippen LogP) is 2.53. The number of rotatable bonds is 12. The summed E-state index contributed by atoms with van der Waals surface area (Å²) in [6.45, 7) is 14.0. The number of esters is 1. The minimum atomic E-state index is -1.08. The van der Waals surface area contributed by atoms with Gasteiger partial charge in [-0.2, -0.15) is 0 Å². The van der Waals surface area contributed by atoms with Gasteiger partial charge in [-0.15, -0.1) is 6.58 Å². The van der Waals surface area contributed by atoms with Gasteiger partial charge >= 0.3 is 5.97 Å². The maximum Gasteiger partial charge on any atom is 0.312 e. The smallest absolute Gasteiger partial charge is 0.312 e. The number of aliphatic hydroxyl groups excluding tert-OH is 1. The van der Waals surface area contributed by atoms with Gasteiger partial charge in [0.1, 0.15) is 11.6 Å². The fourth-order valence-electron chi connectivity index (χ4n) is 6.41. The number of hydrogen-bond donors (Lipinski definition) is 1. The summed E-state index contributed by atoms with van der Waals surface area (Å²) in [5.74, 6) is -2.43. The molecule has 8 atom stereocenters. The largest absolute Gasteiger partial charge is 0.466 e. The SMILES string of the molecule is C=CCN(C(=O)[C@@H]1N([C@@H](CO)[C@@H](C)CC)C(=O)[C@H]2[C@H](C(=O)OCC)[C@@H]3CC[C@]12O3)C(C)CCC. The first-order chi connectivity index (χ1) is 16.2. The van der Waals surface area contributed by atoms with Gasteiger partial charge in [0.15, 0.2) is 0 Å². The molecule has 8 heteroatoms. The van der Waals surface area contributed by atoms with Crippen molar-refractivity contribution in [1.29, 1.82) is 0 Å². The predicted molar refractivity (Wildman–Crippen MR) is 128 cm³/mol. The minimum Gasteiger partial charge on any atom is -0.466 e. The molecule has 3 aliphatic heterocycles. The standard InChI is InChI=1S/C26H42N2O6/c1-7-11-17(6)27(14-8-2)24(31)22-26-13-12-19(34-26)20(25(32)33-10-4)21(26)23(30)28(22)18(15-29)16(5)9-3/h8,16-22,29H,2,7,9-15H2,1,3-6H3/t16-,17?,18-,19-,20+,21+,22-,26+/m0/s1. The van der Waals surface area contributed by atoms with E-state index in [1.54, 1.807) is 22.8 Å². The summed E-state index contributed by atoms with van der Waals surface area (Å²) in [5, 5.41) is 10.4. The summed E-state index contributed by atoms with van der Waals surface area (Å²) in [6, 6.07) is -1.47. The molecule has 3 aliphatic rings. The van der Waals surface area contributed by atoms with E-state index in [-0.39, 0.29) is 37.0 Å². The van der Waals surface area contributed by atoms with E-state index in [0.717, 1.165) is 19.3 Å². The zero-order valence-electron chi connectivity index (χ0n) is 21.4. The molecule has 0 radical (unpaired) electrons. The molecule has 0 aromatic rings. The van der Waals surface area contributed by atoms with E-state index in [9.17, 15) is 19.5 Å². The summed E-state index contributed by atoms with van der Waals surface area (Å²) in [7, 11) is 0. The zero-order valence-corrected chi connectivity index (χ0v) is 21.4. The van der Waals surface area contributed by atoms with Crippen LogP contribution in [0.5, 0.6) is 0 Å². The summed E-state index contributed by atoms with van der Waals surface area (Å²) < 4.78 is 11.8. The van der Waals surface area contributed by atoms with Gasteiger partial charge in [-0.1, -0.05) is 39.7 Å². The molecule has 3 fully saturated rings. The van der Waals surface area contributed by atoms with Crippen LogP contribution in [0.2, 0.25) is 0 Å². The van der Waals surface area contributed by atoms with E-state index in [4.69, 9.17) is 9.47 Å². The number of likely N-dealkylation sites (tertiary alicyclic amines) is 1. The summed E-state index contributed by atoms with van der Waals surface area (Å²) in [5.41, 5.74) is -1.08. The van der Waals surface area contributed by atoms with E-state index in [1.807, 2.05) is 20.8 Å². The van der Waals surface area contributed by atoms with Gasteiger partial charge in [0, 0.05) is 12.6 Å². The highest BCUT2D eigenvalue weighted by atomic mass is 16.6. The van der Waals surface area contributed by atoms with Crippen LogP contribution in [0.4, 0.5) is 0 Å². The Morgan fingerprint density at radius 2 is 2.06 bits per heavy atom. The highest BCUT2D eigenvalue weighted by Crippen LogP contribution is 2.59. The first-order valence-corrected chi connectivity index (χ1v) is 12.9. The lowest BCUT2D eigenvalue weighted by atomic mass is 9.70. The first kappa shape index (κ1) is 26.7. The van der Waals surface area contributed by atoms with Crippen LogP contribution in [0.15, 0.2) is 12.7 Å². The Hall–Kier alpha value is -1.93. The number of amides is 2. The molecule has 1 spiro atoms. The van der Waals surface area contributed by atoms with Crippen molar-refractivity contribution in [2.75, 3.05) is 19.8 Å². The molecule has 0 aromatic heterocycles. The molecule has 3 heterocycles. The average Bonchev–Trinajstić information content (AvgIpc) is 3.45. The van der Waals surface area contributed by atoms with Crippen LogP contribution < -0.4 is 0 Å². The van der Waals surface area contributed by atoms with Crippen molar-refractivity contribution in [2.24, 2.45) is 17.8 Å². The Labute approximate surface area is 203 Å². The molecule has 0 saturated carbocycles. The van der Waals surface area contributed by atoms with E-state index in [1.165, 1.54) is 0 Å². The highest BCUT2D eigenvalue weighted by Gasteiger charge is 2.75. The third-order valence-electron chi connectivity index (χ3n) is 8.22. The zero-order chi connectivity index (χ0) is 25.2. The van der Waals surface area contributed by atoms with E-state index in [0.29, 0.717) is 19.4 Å². The lowest BCUT2D eigenvalue weighted by Gasteiger charge is -2.42. The summed E-state index contributed by atoms with van der Waals surface area (Å²) >= 11 is 0. The number of nitrogens with zero attached hydrogens (tertiary/aromatic N) is 2. The molecular formula is C26H42N2O6. The second-order valence-electron chi connectivity index (χ2n) is 10.1. The van der Waals surface area contributed by atoms with Gasteiger partial charge in [0.2, 0.25) is 11.8 Å². The molecule has 3 rings (SSSR count). The van der Waals surface area contributed by atoms with Gasteiger partial charge in [-0.05, 0) is 39.0 Å². The van der Waals surface area contributed by atoms with Crippen molar-refractivity contribution in [1.82, 2.24) is 9.80 Å². The van der Waals surface area contributed by atoms with Gasteiger partial charge in [0.05, 0.1) is 37.2 Å². The molecule has 0 aromatic carbocycles. The van der Waals surface area contributed by atoms with E-state index >= 15 is 0 Å².